The van der Waals surface area contributed by atoms with Crippen LogP contribution in [0.3, 0.4) is 0 Å². The minimum absolute atomic E-state index is 0. The topological polar surface area (TPSA) is 21.4 Å². The van der Waals surface area contributed by atoms with Gasteiger partial charge in [-0.25, -0.2) is 0 Å². The van der Waals surface area contributed by atoms with Crippen LogP contribution >= 0.6 is 0 Å². The molecule has 0 saturated carbocycles. The van der Waals surface area contributed by atoms with E-state index in [0.717, 1.165) is 5.57 Å². The molecule has 2 heteroatoms. The molecule has 0 saturated heterocycles. The third-order valence-corrected chi connectivity index (χ3v) is 3.97. The minimum Gasteiger partial charge on any atom is -1.00 e. The van der Waals surface area contributed by atoms with Crippen molar-refractivity contribution < 1.29 is 21.8 Å². The molecule has 0 spiro atoms. The Bertz CT molecular complexity index is 799. The normalized spacial score (nSPS) is 15.7. The van der Waals surface area contributed by atoms with Crippen LogP contribution in [0.1, 0.15) is 11.1 Å². The molecule has 0 unspecified atom stereocenters. The highest BCUT2D eigenvalue weighted by molar-refractivity contribution is 6.27. The second kappa shape index (κ2) is 6.35. The zero-order valence-electron chi connectivity index (χ0n) is 12.4. The number of halogens is 1. The van der Waals surface area contributed by atoms with Crippen molar-refractivity contribution >= 4 is 16.9 Å². The molecule has 0 radical (unpaired) electrons. The molecule has 2 aromatic carbocycles. The monoisotopic (exact) mass is 362 g/mol. The lowest BCUT2D eigenvalue weighted by Crippen LogP contribution is -3.00. The Hall–Kier alpha value is -2.45. The summed E-state index contributed by atoms with van der Waals surface area (Å²) < 4.78 is 0. The van der Waals surface area contributed by atoms with Crippen molar-refractivity contribution in [1.29, 1.82) is 0 Å². The molecule has 0 heterocycles. The lowest BCUT2D eigenvalue weighted by Gasteiger charge is -1.99. The summed E-state index contributed by atoms with van der Waals surface area (Å²) in [6.45, 7) is 0. The van der Waals surface area contributed by atoms with Crippen molar-refractivity contribution in [3.63, 3.8) is 0 Å². The summed E-state index contributed by atoms with van der Waals surface area (Å²) in [7, 11) is 0. The molecule has 0 atom stereocenters. The molecule has 1 nitrogen and oxygen atoms in total. The lowest BCUT2D eigenvalue weighted by atomic mass is 10.0. The van der Waals surface area contributed by atoms with Gasteiger partial charge in [0, 0.05) is 12.2 Å². The van der Waals surface area contributed by atoms with E-state index in [1.807, 2.05) is 24.3 Å². The number of carbonyl (C=O) groups excluding carboxylic acids is 1. The van der Waals surface area contributed by atoms with Gasteiger partial charge in [-0.05, 0) is 45.6 Å². The molecule has 0 aliphatic heterocycles. The van der Waals surface area contributed by atoms with Crippen LogP contribution in [-0.4, -0.2) is 10.6 Å². The van der Waals surface area contributed by atoms with Gasteiger partial charge in [0.1, 0.15) is 0 Å². The van der Waals surface area contributed by atoms with E-state index >= 15 is 0 Å². The zero-order chi connectivity index (χ0) is 14.9. The van der Waals surface area contributed by atoms with E-state index < -0.39 is 0 Å². The van der Waals surface area contributed by atoms with Crippen LogP contribution in [0, 0.1) is 0 Å². The van der Waals surface area contributed by atoms with Gasteiger partial charge in [-0.2, -0.15) is 0 Å². The average molecular weight is 363 g/mol. The average Bonchev–Trinajstić information content (AvgIpc) is 3.33. The van der Waals surface area contributed by atoms with Gasteiger partial charge < -0.3 is 17.0 Å². The Morgan fingerprint density at radius 1 is 0.522 bits per heavy atom. The molecule has 1 N–H and O–H groups in total. The van der Waals surface area contributed by atoms with E-state index in [1.165, 1.54) is 27.8 Å². The molecule has 2 aliphatic carbocycles. The first-order chi connectivity index (χ1) is 10.8. The smallest absolute Gasteiger partial charge is 0.340 e. The second-order valence-corrected chi connectivity index (χ2v) is 5.40. The van der Waals surface area contributed by atoms with Crippen molar-refractivity contribution in [3.8, 4) is 0 Å². The molecule has 23 heavy (non-hydrogen) atoms. The van der Waals surface area contributed by atoms with E-state index in [-0.39, 0.29) is 17.0 Å². The fraction of sp³-hybridized carbons (Fsp3) is 0. The molecule has 112 valence electrons. The largest absolute Gasteiger partial charge is 1.00 e. The Morgan fingerprint density at radius 3 is 1.39 bits per heavy atom. The van der Waals surface area contributed by atoms with Gasteiger partial charge in [0.2, 0.25) is 0 Å². The van der Waals surface area contributed by atoms with Crippen molar-refractivity contribution in [3.05, 3.63) is 107 Å². The SMILES string of the molecule is [Br-].[OH+]=C1C=CC(=C2C(c3ccccc3)=C2c2ccccc2)C=C1. The third kappa shape index (κ3) is 2.90. The van der Waals surface area contributed by atoms with Gasteiger partial charge in [-0.1, -0.05) is 60.7 Å². The standard InChI is InChI=1S/C21H14O.BrH/c22-18-13-11-17(12-14-18)21-19(15-7-3-1-4-8-15)20(21)16-9-5-2-6-10-16;/h1-14H;1H. The maximum Gasteiger partial charge on any atom is 0.340 e. The summed E-state index contributed by atoms with van der Waals surface area (Å²) >= 11 is 0. The third-order valence-electron chi connectivity index (χ3n) is 3.97. The second-order valence-electron chi connectivity index (χ2n) is 5.40. The molecular weight excluding hydrogens is 348 g/mol. The molecule has 0 aromatic heterocycles. The van der Waals surface area contributed by atoms with Crippen molar-refractivity contribution in [2.24, 2.45) is 0 Å². The zero-order valence-corrected chi connectivity index (χ0v) is 14.0. The number of benzene rings is 2. The van der Waals surface area contributed by atoms with Gasteiger partial charge in [-0.3, -0.25) is 4.79 Å². The molecule has 4 rings (SSSR count). The maximum atomic E-state index is 9.50. The fourth-order valence-corrected chi connectivity index (χ4v) is 2.89. The first-order valence-electron chi connectivity index (χ1n) is 7.37. The van der Waals surface area contributed by atoms with E-state index in [2.05, 4.69) is 48.5 Å². The molecule has 0 fully saturated rings. The maximum absolute atomic E-state index is 9.50. The summed E-state index contributed by atoms with van der Waals surface area (Å²) in [6, 6.07) is 20.9. The number of rotatable bonds is 2. The predicted molar refractivity (Wildman–Crippen MR) is 91.9 cm³/mol. The van der Waals surface area contributed by atoms with E-state index in [4.69, 9.17) is 0 Å². The fourth-order valence-electron chi connectivity index (χ4n) is 2.89. The number of ketones is 1. The van der Waals surface area contributed by atoms with E-state index in [0.29, 0.717) is 5.78 Å². The van der Waals surface area contributed by atoms with Crippen molar-refractivity contribution in [1.82, 2.24) is 0 Å². The summed E-state index contributed by atoms with van der Waals surface area (Å²) in [5.41, 5.74) is 7.51. The van der Waals surface area contributed by atoms with Crippen LogP contribution in [0.5, 0.6) is 0 Å². The highest BCUT2D eigenvalue weighted by Crippen LogP contribution is 2.54. The van der Waals surface area contributed by atoms with Gasteiger partial charge in [0.25, 0.3) is 0 Å². The molecule has 2 aromatic rings. The van der Waals surface area contributed by atoms with Gasteiger partial charge in [0.05, 0.1) is 0 Å². The van der Waals surface area contributed by atoms with Crippen molar-refractivity contribution in [2.75, 3.05) is 0 Å². The quantitative estimate of drug-likeness (QED) is 0.723. The molecule has 0 amide bonds. The molecular formula is C21H15BrO. The summed E-state index contributed by atoms with van der Waals surface area (Å²) in [5, 5.41) is 0. The van der Waals surface area contributed by atoms with Gasteiger partial charge >= 0.3 is 5.78 Å². The predicted octanol–water partition coefficient (Wildman–Crippen LogP) is 1.58. The first kappa shape index (κ1) is 15.4. The Kier molecular flexibility index (Phi) is 4.26. The Morgan fingerprint density at radius 2 is 0.957 bits per heavy atom. The Balaban J connectivity index is 0.00000156. The summed E-state index contributed by atoms with van der Waals surface area (Å²) in [4.78, 5) is 9.50. The molecule has 0 bridgehead atoms. The summed E-state index contributed by atoms with van der Waals surface area (Å²) in [5.74, 6) is 0.299. The van der Waals surface area contributed by atoms with Crippen LogP contribution < -0.4 is 17.0 Å². The van der Waals surface area contributed by atoms with Gasteiger partial charge in [-0.15, -0.1) is 0 Å². The van der Waals surface area contributed by atoms with E-state index in [9.17, 15) is 4.79 Å². The van der Waals surface area contributed by atoms with Crippen LogP contribution in [0.25, 0.3) is 11.1 Å². The van der Waals surface area contributed by atoms with Crippen LogP contribution in [-0.2, 0) is 0 Å². The summed E-state index contributed by atoms with van der Waals surface area (Å²) in [6.07, 6.45) is 7.44. The van der Waals surface area contributed by atoms with Crippen LogP contribution in [0.4, 0.5) is 0 Å². The highest BCUT2D eigenvalue weighted by atomic mass is 79.9. The molecule has 2 aliphatic rings. The number of allylic oxidation sites excluding steroid dienone is 8. The van der Waals surface area contributed by atoms with Crippen LogP contribution in [0.15, 0.2) is 96.1 Å². The first-order valence-corrected chi connectivity index (χ1v) is 7.37. The van der Waals surface area contributed by atoms with E-state index in [1.54, 1.807) is 12.2 Å². The number of hydrogen-bond acceptors (Lipinski definition) is 0. The highest BCUT2D eigenvalue weighted by Gasteiger charge is 2.34. The van der Waals surface area contributed by atoms with Crippen LogP contribution in [0.2, 0.25) is 0 Å². The van der Waals surface area contributed by atoms with Crippen molar-refractivity contribution in [2.45, 2.75) is 0 Å². The number of hydrogen-bond donors (Lipinski definition) is 0. The Labute approximate surface area is 146 Å². The van der Waals surface area contributed by atoms with Gasteiger partial charge in [0.15, 0.2) is 0 Å². The lowest BCUT2D eigenvalue weighted by molar-refractivity contribution is -0.00000504. The minimum atomic E-state index is 0.